The monoisotopic (exact) mass is 332 g/mol. The molecule has 5 nitrogen and oxygen atoms in total. The maximum absolute atomic E-state index is 12.3. The fourth-order valence-electron chi connectivity index (χ4n) is 2.33. The van der Waals surface area contributed by atoms with Gasteiger partial charge >= 0.3 is 0 Å². The van der Waals surface area contributed by atoms with E-state index in [1.165, 1.54) is 4.88 Å². The van der Waals surface area contributed by atoms with Crippen LogP contribution in [0.25, 0.3) is 0 Å². The Balaban J connectivity index is 1.89. The van der Waals surface area contributed by atoms with Crippen molar-refractivity contribution in [3.63, 3.8) is 0 Å². The van der Waals surface area contributed by atoms with Gasteiger partial charge in [0.25, 0.3) is 0 Å². The molecule has 124 valence electrons. The van der Waals surface area contributed by atoms with Crippen LogP contribution in [0.15, 0.2) is 24.5 Å². The second kappa shape index (κ2) is 8.17. The molecule has 0 saturated carbocycles. The highest BCUT2D eigenvalue weighted by molar-refractivity contribution is 7.11. The average molecular weight is 332 g/mol. The van der Waals surface area contributed by atoms with Crippen molar-refractivity contribution in [2.24, 2.45) is 0 Å². The second-order valence-electron chi connectivity index (χ2n) is 5.75. The van der Waals surface area contributed by atoms with E-state index in [9.17, 15) is 4.79 Å². The fourth-order valence-corrected chi connectivity index (χ4v) is 3.38. The van der Waals surface area contributed by atoms with Gasteiger partial charge in [-0.1, -0.05) is 6.92 Å². The molecule has 0 spiro atoms. The molecule has 23 heavy (non-hydrogen) atoms. The van der Waals surface area contributed by atoms with E-state index in [0.717, 1.165) is 29.2 Å². The van der Waals surface area contributed by atoms with E-state index in [1.807, 2.05) is 31.0 Å². The average Bonchev–Trinajstić information content (AvgIpc) is 2.85. The molecule has 2 rings (SSSR count). The van der Waals surface area contributed by atoms with Crippen molar-refractivity contribution in [2.45, 2.75) is 39.8 Å². The molecule has 0 bridgehead atoms. The van der Waals surface area contributed by atoms with E-state index in [1.54, 1.807) is 23.7 Å². The topological polar surface area (TPSA) is 58.1 Å². The quantitative estimate of drug-likeness (QED) is 0.847. The lowest BCUT2D eigenvalue weighted by atomic mass is 10.2. The SMILES string of the molecule is CC[C@@H](NC(=O)CN(C)Cc1ccncc1)c1nc(C)c(C)s1. The molecule has 0 aromatic carbocycles. The molecule has 0 aliphatic carbocycles. The molecule has 0 unspecified atom stereocenters. The first-order chi connectivity index (χ1) is 11.0. The molecular weight excluding hydrogens is 308 g/mol. The van der Waals surface area contributed by atoms with Gasteiger partial charge in [-0.05, 0) is 45.0 Å². The van der Waals surface area contributed by atoms with E-state index in [-0.39, 0.29) is 11.9 Å². The summed E-state index contributed by atoms with van der Waals surface area (Å²) in [7, 11) is 1.94. The highest BCUT2D eigenvalue weighted by atomic mass is 32.1. The summed E-state index contributed by atoms with van der Waals surface area (Å²) < 4.78 is 0. The lowest BCUT2D eigenvalue weighted by Crippen LogP contribution is -2.36. The Bertz CT molecular complexity index is 622. The number of rotatable bonds is 7. The molecule has 1 amide bonds. The molecule has 2 aromatic rings. The van der Waals surface area contributed by atoms with Crippen LogP contribution in [0.1, 0.15) is 40.5 Å². The van der Waals surface area contributed by atoms with Crippen molar-refractivity contribution < 1.29 is 4.79 Å². The molecule has 0 radical (unpaired) electrons. The predicted molar refractivity (Wildman–Crippen MR) is 93.3 cm³/mol. The fraction of sp³-hybridized carbons (Fsp3) is 0.471. The van der Waals surface area contributed by atoms with E-state index < -0.39 is 0 Å². The number of carbonyl (C=O) groups is 1. The van der Waals surface area contributed by atoms with E-state index in [4.69, 9.17) is 0 Å². The minimum atomic E-state index is -0.00535. The lowest BCUT2D eigenvalue weighted by Gasteiger charge is -2.19. The van der Waals surface area contributed by atoms with Crippen molar-refractivity contribution in [3.05, 3.63) is 45.7 Å². The summed E-state index contributed by atoms with van der Waals surface area (Å²) in [4.78, 5) is 24.1. The molecule has 1 atom stereocenters. The number of likely N-dealkylation sites (N-methyl/N-ethyl adjacent to an activating group) is 1. The van der Waals surface area contributed by atoms with Gasteiger partial charge in [-0.3, -0.25) is 14.7 Å². The molecule has 0 saturated heterocycles. The van der Waals surface area contributed by atoms with E-state index >= 15 is 0 Å². The maximum Gasteiger partial charge on any atom is 0.234 e. The summed E-state index contributed by atoms with van der Waals surface area (Å²) >= 11 is 1.66. The first-order valence-corrected chi connectivity index (χ1v) is 8.62. The van der Waals surface area contributed by atoms with Crippen molar-refractivity contribution in [1.82, 2.24) is 20.2 Å². The van der Waals surface area contributed by atoms with E-state index in [0.29, 0.717) is 6.54 Å². The zero-order valence-electron chi connectivity index (χ0n) is 14.2. The molecule has 6 heteroatoms. The molecule has 2 heterocycles. The van der Waals surface area contributed by atoms with Crippen LogP contribution in [-0.2, 0) is 11.3 Å². The van der Waals surface area contributed by atoms with Gasteiger partial charge in [-0.25, -0.2) is 4.98 Å². The number of hydrogen-bond donors (Lipinski definition) is 1. The molecule has 2 aromatic heterocycles. The zero-order valence-corrected chi connectivity index (χ0v) is 15.0. The molecule has 0 aliphatic rings. The Morgan fingerprint density at radius 3 is 2.61 bits per heavy atom. The van der Waals surface area contributed by atoms with Gasteiger partial charge < -0.3 is 5.32 Å². The summed E-state index contributed by atoms with van der Waals surface area (Å²) in [6.07, 6.45) is 4.37. The number of carbonyl (C=O) groups excluding carboxylic acids is 1. The summed E-state index contributed by atoms with van der Waals surface area (Å²) in [6, 6.07) is 3.92. The second-order valence-corrected chi connectivity index (χ2v) is 6.98. The third kappa shape index (κ3) is 5.11. The highest BCUT2D eigenvalue weighted by Gasteiger charge is 2.18. The van der Waals surface area contributed by atoms with Gasteiger partial charge in [0.2, 0.25) is 5.91 Å². The minimum absolute atomic E-state index is 0.00535. The Labute approximate surface area is 141 Å². The largest absolute Gasteiger partial charge is 0.346 e. The third-order valence-corrected chi connectivity index (χ3v) is 4.89. The van der Waals surface area contributed by atoms with Crippen LogP contribution in [0.2, 0.25) is 0 Å². The summed E-state index contributed by atoms with van der Waals surface area (Å²) in [5.41, 5.74) is 2.20. The summed E-state index contributed by atoms with van der Waals surface area (Å²) in [5, 5.41) is 4.09. The first kappa shape index (κ1) is 17.6. The van der Waals surface area contributed by atoms with Gasteiger partial charge in [-0.2, -0.15) is 0 Å². The Kier molecular flexibility index (Phi) is 6.24. The molecule has 0 aliphatic heterocycles. The van der Waals surface area contributed by atoms with Gasteiger partial charge in [0, 0.05) is 23.8 Å². The summed E-state index contributed by atoms with van der Waals surface area (Å²) in [6.45, 7) is 7.22. The number of aromatic nitrogens is 2. The Morgan fingerprint density at radius 2 is 2.04 bits per heavy atom. The lowest BCUT2D eigenvalue weighted by molar-refractivity contribution is -0.122. The van der Waals surface area contributed by atoms with E-state index in [2.05, 4.69) is 29.1 Å². The normalized spacial score (nSPS) is 12.4. The minimum Gasteiger partial charge on any atom is -0.346 e. The molecule has 0 fully saturated rings. The number of hydrogen-bond acceptors (Lipinski definition) is 5. The van der Waals surface area contributed by atoms with Crippen LogP contribution >= 0.6 is 11.3 Å². The third-order valence-electron chi connectivity index (χ3n) is 3.70. The van der Waals surface area contributed by atoms with Crippen LogP contribution in [-0.4, -0.2) is 34.4 Å². The van der Waals surface area contributed by atoms with Crippen molar-refractivity contribution in [3.8, 4) is 0 Å². The summed E-state index contributed by atoms with van der Waals surface area (Å²) in [5.74, 6) is 0.0268. The van der Waals surface area contributed by atoms with Gasteiger partial charge in [-0.15, -0.1) is 11.3 Å². The van der Waals surface area contributed by atoms with Crippen molar-refractivity contribution >= 4 is 17.2 Å². The zero-order chi connectivity index (χ0) is 16.8. The van der Waals surface area contributed by atoms with Gasteiger partial charge in [0.15, 0.2) is 0 Å². The van der Waals surface area contributed by atoms with Crippen LogP contribution in [0.4, 0.5) is 0 Å². The maximum atomic E-state index is 12.3. The number of pyridine rings is 1. The smallest absolute Gasteiger partial charge is 0.234 e. The Hall–Kier alpha value is -1.79. The standard InChI is InChI=1S/C17H24N4OS/c1-5-15(17-19-12(2)13(3)23-17)20-16(22)11-21(4)10-14-6-8-18-9-7-14/h6-9,15H,5,10-11H2,1-4H3,(H,20,22)/t15-/m1/s1. The number of nitrogens with zero attached hydrogens (tertiary/aromatic N) is 3. The number of nitrogens with one attached hydrogen (secondary N) is 1. The molecular formula is C17H24N4OS. The number of thiazole rings is 1. The van der Waals surface area contributed by atoms with Gasteiger partial charge in [0.1, 0.15) is 5.01 Å². The van der Waals surface area contributed by atoms with Crippen LogP contribution < -0.4 is 5.32 Å². The number of aryl methyl sites for hydroxylation is 2. The predicted octanol–water partition coefficient (Wildman–Crippen LogP) is 2.85. The van der Waals surface area contributed by atoms with Crippen molar-refractivity contribution in [1.29, 1.82) is 0 Å². The van der Waals surface area contributed by atoms with Gasteiger partial charge in [0.05, 0.1) is 18.3 Å². The first-order valence-electron chi connectivity index (χ1n) is 7.80. The Morgan fingerprint density at radius 1 is 1.35 bits per heavy atom. The highest BCUT2D eigenvalue weighted by Crippen LogP contribution is 2.24. The van der Waals surface area contributed by atoms with Crippen LogP contribution in [0, 0.1) is 13.8 Å². The van der Waals surface area contributed by atoms with Crippen molar-refractivity contribution in [2.75, 3.05) is 13.6 Å². The van der Waals surface area contributed by atoms with Crippen LogP contribution in [0.3, 0.4) is 0 Å². The van der Waals surface area contributed by atoms with Crippen LogP contribution in [0.5, 0.6) is 0 Å². The molecule has 1 N–H and O–H groups in total. The number of amides is 1.